The van der Waals surface area contributed by atoms with E-state index in [1.807, 2.05) is 60.7 Å². The second kappa shape index (κ2) is 7.32. The van der Waals surface area contributed by atoms with Crippen LogP contribution in [0.2, 0.25) is 0 Å². The zero-order valence-electron chi connectivity index (χ0n) is 16.3. The molecule has 0 unspecified atom stereocenters. The molecule has 0 saturated carbocycles. The maximum atomic E-state index is 5.22. The molecule has 3 heterocycles. The van der Waals surface area contributed by atoms with E-state index in [4.69, 9.17) is 19.4 Å². The van der Waals surface area contributed by atoms with Crippen LogP contribution in [0.4, 0.5) is 0 Å². The number of benzene rings is 2. The van der Waals surface area contributed by atoms with Gasteiger partial charge in [0.05, 0.1) is 25.6 Å². The predicted molar refractivity (Wildman–Crippen MR) is 112 cm³/mol. The van der Waals surface area contributed by atoms with E-state index in [1.165, 1.54) is 14.2 Å². The fraction of sp³-hybridized carbons (Fsp3) is 0.0909. The Morgan fingerprint density at radius 2 is 0.833 bits per heavy atom. The molecule has 0 aliphatic rings. The summed E-state index contributed by atoms with van der Waals surface area (Å²) in [6.45, 7) is 0. The maximum Gasteiger partial charge on any atom is 0.280 e. The molecule has 3 aromatic heterocycles. The maximum absolute atomic E-state index is 5.22. The molecule has 0 bridgehead atoms. The van der Waals surface area contributed by atoms with Crippen LogP contribution >= 0.6 is 0 Å². The van der Waals surface area contributed by atoms with Gasteiger partial charge in [-0.05, 0) is 0 Å². The third-order valence-corrected chi connectivity index (χ3v) is 4.56. The van der Waals surface area contributed by atoms with Gasteiger partial charge in [-0.3, -0.25) is 0 Å². The second-order valence-electron chi connectivity index (χ2n) is 6.41. The summed E-state index contributed by atoms with van der Waals surface area (Å²) in [4.78, 5) is 27.4. The van der Waals surface area contributed by atoms with Crippen molar-refractivity contribution in [2.24, 2.45) is 0 Å². The van der Waals surface area contributed by atoms with Crippen LogP contribution < -0.4 is 9.47 Å². The lowest BCUT2D eigenvalue weighted by Crippen LogP contribution is -2.03. The minimum Gasteiger partial charge on any atom is -0.477 e. The van der Waals surface area contributed by atoms with Crippen molar-refractivity contribution in [2.45, 2.75) is 0 Å². The molecule has 5 aromatic rings. The van der Waals surface area contributed by atoms with Crippen LogP contribution in [-0.2, 0) is 0 Å². The van der Waals surface area contributed by atoms with E-state index in [0.29, 0.717) is 22.6 Å². The first-order valence-corrected chi connectivity index (χ1v) is 9.23. The number of hydrogen-bond acceptors (Lipinski definition) is 8. The molecule has 0 aliphatic heterocycles. The van der Waals surface area contributed by atoms with Gasteiger partial charge in [0.1, 0.15) is 0 Å². The molecule has 8 nitrogen and oxygen atoms in total. The van der Waals surface area contributed by atoms with Gasteiger partial charge in [-0.2, -0.15) is 9.97 Å². The highest BCUT2D eigenvalue weighted by atomic mass is 16.5. The van der Waals surface area contributed by atoms with E-state index < -0.39 is 0 Å². The van der Waals surface area contributed by atoms with E-state index >= 15 is 0 Å². The smallest absolute Gasteiger partial charge is 0.280 e. The average Bonchev–Trinajstić information content (AvgIpc) is 2.82. The molecule has 8 heteroatoms. The number of hydrogen-bond donors (Lipinski definition) is 0. The van der Waals surface area contributed by atoms with Crippen molar-refractivity contribution in [3.8, 4) is 34.3 Å². The molecule has 5 rings (SSSR count). The minimum absolute atomic E-state index is 0.232. The molecule has 0 N–H and O–H groups in total. The molecule has 0 spiro atoms. The summed E-state index contributed by atoms with van der Waals surface area (Å²) in [5, 5.41) is 0. The van der Waals surface area contributed by atoms with Gasteiger partial charge in [-0.1, -0.05) is 60.7 Å². The van der Waals surface area contributed by atoms with Gasteiger partial charge >= 0.3 is 0 Å². The molecule has 0 aliphatic carbocycles. The standard InChI is InChI=1S/C22H16N6O2/c1-29-21-22(30-2)28-20-19(27-21)25-17-18(26-20)24-16(14-11-7-4-8-12-14)15(23-17)13-9-5-3-6-10-13/h3-12H,1-2H3. The molecule has 2 aromatic carbocycles. The topological polar surface area (TPSA) is 95.8 Å². The Bertz CT molecular complexity index is 1260. The average molecular weight is 396 g/mol. The Labute approximate surface area is 171 Å². The van der Waals surface area contributed by atoms with Gasteiger partial charge in [0.25, 0.3) is 11.8 Å². The number of fused-ring (bicyclic) bond motifs is 2. The largest absolute Gasteiger partial charge is 0.477 e. The van der Waals surface area contributed by atoms with Crippen molar-refractivity contribution in [1.82, 2.24) is 29.9 Å². The number of aromatic nitrogens is 6. The third kappa shape index (κ3) is 3.04. The van der Waals surface area contributed by atoms with Crippen LogP contribution in [0.5, 0.6) is 11.8 Å². The molecular weight excluding hydrogens is 380 g/mol. The number of nitrogens with zero attached hydrogens (tertiary/aromatic N) is 6. The first-order valence-electron chi connectivity index (χ1n) is 9.23. The highest BCUT2D eigenvalue weighted by Gasteiger charge is 2.17. The van der Waals surface area contributed by atoms with Gasteiger partial charge in [0.15, 0.2) is 0 Å². The van der Waals surface area contributed by atoms with Crippen molar-refractivity contribution in [3.63, 3.8) is 0 Å². The Kier molecular flexibility index (Phi) is 4.36. The molecule has 0 fully saturated rings. The molecule has 30 heavy (non-hydrogen) atoms. The van der Waals surface area contributed by atoms with Gasteiger partial charge in [-0.25, -0.2) is 19.9 Å². The summed E-state index contributed by atoms with van der Waals surface area (Å²) in [5.41, 5.74) is 4.68. The van der Waals surface area contributed by atoms with Crippen LogP contribution in [0.1, 0.15) is 0 Å². The molecule has 0 saturated heterocycles. The van der Waals surface area contributed by atoms with Gasteiger partial charge in [-0.15, -0.1) is 0 Å². The van der Waals surface area contributed by atoms with Gasteiger partial charge in [0.2, 0.25) is 22.6 Å². The highest BCUT2D eigenvalue weighted by molar-refractivity contribution is 5.86. The van der Waals surface area contributed by atoms with Crippen LogP contribution in [0.3, 0.4) is 0 Å². The summed E-state index contributed by atoms with van der Waals surface area (Å²) < 4.78 is 10.4. The first kappa shape index (κ1) is 17.9. The lowest BCUT2D eigenvalue weighted by Gasteiger charge is -2.10. The van der Waals surface area contributed by atoms with Crippen molar-refractivity contribution in [1.29, 1.82) is 0 Å². The highest BCUT2D eigenvalue weighted by Crippen LogP contribution is 2.31. The van der Waals surface area contributed by atoms with Crippen LogP contribution in [-0.4, -0.2) is 44.1 Å². The van der Waals surface area contributed by atoms with E-state index in [1.54, 1.807) is 0 Å². The van der Waals surface area contributed by atoms with Crippen LogP contribution in [0, 0.1) is 0 Å². The summed E-state index contributed by atoms with van der Waals surface area (Å²) >= 11 is 0. The van der Waals surface area contributed by atoms with Crippen LogP contribution in [0.15, 0.2) is 60.7 Å². The number of ether oxygens (including phenoxy) is 2. The van der Waals surface area contributed by atoms with Crippen molar-refractivity contribution < 1.29 is 9.47 Å². The summed E-state index contributed by atoms with van der Waals surface area (Å²) in [7, 11) is 2.98. The lowest BCUT2D eigenvalue weighted by molar-refractivity contribution is 0.333. The van der Waals surface area contributed by atoms with Crippen molar-refractivity contribution in [2.75, 3.05) is 14.2 Å². The molecular formula is C22H16N6O2. The molecule has 0 radical (unpaired) electrons. The number of methoxy groups -OCH3 is 2. The van der Waals surface area contributed by atoms with E-state index in [-0.39, 0.29) is 11.8 Å². The Morgan fingerprint density at radius 3 is 1.20 bits per heavy atom. The minimum atomic E-state index is 0.232. The molecule has 146 valence electrons. The van der Waals surface area contributed by atoms with Crippen LogP contribution in [0.25, 0.3) is 45.1 Å². The third-order valence-electron chi connectivity index (χ3n) is 4.56. The SMILES string of the molecule is COc1nc2nc3nc(-c4ccccc4)c(-c4ccccc4)nc3nc2nc1OC. The first-order chi connectivity index (χ1) is 14.8. The summed E-state index contributed by atoms with van der Waals surface area (Å²) in [5.74, 6) is 0.464. The second-order valence-corrected chi connectivity index (χ2v) is 6.41. The van der Waals surface area contributed by atoms with E-state index in [9.17, 15) is 0 Å². The van der Waals surface area contributed by atoms with Crippen molar-refractivity contribution >= 4 is 22.6 Å². The monoisotopic (exact) mass is 396 g/mol. The zero-order chi connectivity index (χ0) is 20.5. The fourth-order valence-corrected chi connectivity index (χ4v) is 3.17. The van der Waals surface area contributed by atoms with Gasteiger partial charge < -0.3 is 9.47 Å². The quantitative estimate of drug-likeness (QED) is 0.424. The Hall–Kier alpha value is -4.20. The Morgan fingerprint density at radius 1 is 0.467 bits per heavy atom. The van der Waals surface area contributed by atoms with E-state index in [0.717, 1.165) is 22.5 Å². The normalized spacial score (nSPS) is 11.0. The van der Waals surface area contributed by atoms with E-state index in [2.05, 4.69) is 19.9 Å². The summed E-state index contributed by atoms with van der Waals surface area (Å²) in [6.07, 6.45) is 0. The van der Waals surface area contributed by atoms with Crippen molar-refractivity contribution in [3.05, 3.63) is 60.7 Å². The lowest BCUT2D eigenvalue weighted by atomic mass is 10.0. The number of rotatable bonds is 4. The summed E-state index contributed by atoms with van der Waals surface area (Å²) in [6, 6.07) is 19.7. The van der Waals surface area contributed by atoms with Gasteiger partial charge in [0, 0.05) is 11.1 Å². The Balaban J connectivity index is 1.81. The fourth-order valence-electron chi connectivity index (χ4n) is 3.17. The molecule has 0 atom stereocenters. The zero-order valence-corrected chi connectivity index (χ0v) is 16.3. The predicted octanol–water partition coefficient (Wildman–Crippen LogP) is 3.71. The molecule has 0 amide bonds.